The third-order valence-electron chi connectivity index (χ3n) is 2.59. The largest absolute Gasteiger partial charge is 0.480 e. The van der Waals surface area contributed by atoms with Crippen molar-refractivity contribution in [3.05, 3.63) is 30.3 Å². The molecule has 0 bridgehead atoms. The highest BCUT2D eigenvalue weighted by Crippen LogP contribution is 2.17. The first-order valence-corrected chi connectivity index (χ1v) is 7.19. The zero-order chi connectivity index (χ0) is 14.3. The predicted octanol–water partition coefficient (Wildman–Crippen LogP) is 2.39. The number of nitrogens with one attached hydrogen (secondary N) is 1. The van der Waals surface area contributed by atoms with Crippen LogP contribution >= 0.6 is 11.8 Å². The molecule has 1 aromatic rings. The molecule has 4 nitrogen and oxygen atoms in total. The number of hydrogen-bond donors (Lipinski definition) is 2. The van der Waals surface area contributed by atoms with E-state index in [4.69, 9.17) is 5.11 Å². The Hall–Kier alpha value is -1.49. The lowest BCUT2D eigenvalue weighted by Crippen LogP contribution is -2.44. The fraction of sp³-hybridized carbons (Fsp3) is 0.429. The Morgan fingerprint density at radius 3 is 2.42 bits per heavy atom. The Morgan fingerprint density at radius 2 is 1.89 bits per heavy atom. The molecule has 2 N–H and O–H groups in total. The molecule has 0 aliphatic carbocycles. The van der Waals surface area contributed by atoms with E-state index in [9.17, 15) is 9.59 Å². The van der Waals surface area contributed by atoms with Gasteiger partial charge in [0.05, 0.1) is 0 Å². The average molecular weight is 281 g/mol. The van der Waals surface area contributed by atoms with Crippen molar-refractivity contribution < 1.29 is 14.7 Å². The van der Waals surface area contributed by atoms with Crippen molar-refractivity contribution in [2.24, 2.45) is 5.92 Å². The van der Waals surface area contributed by atoms with Crippen LogP contribution in [0.4, 0.5) is 0 Å². The Labute approximate surface area is 117 Å². The first-order chi connectivity index (χ1) is 9.00. The highest BCUT2D eigenvalue weighted by molar-refractivity contribution is 7.99. The standard InChI is InChI=1S/C14H19NO3S/c1-10(2)13(14(17)18)15-12(16)8-9-19-11-6-4-3-5-7-11/h3-7,10,13H,8-9H2,1-2H3,(H,15,16)(H,17,18)/t13-/m1/s1. The van der Waals surface area contributed by atoms with Crippen molar-refractivity contribution in [3.63, 3.8) is 0 Å². The van der Waals surface area contributed by atoms with E-state index in [1.807, 2.05) is 30.3 Å². The minimum atomic E-state index is -0.987. The van der Waals surface area contributed by atoms with E-state index >= 15 is 0 Å². The van der Waals surface area contributed by atoms with E-state index in [-0.39, 0.29) is 11.8 Å². The molecule has 1 atom stereocenters. The number of amides is 1. The van der Waals surface area contributed by atoms with Crippen LogP contribution in [-0.2, 0) is 9.59 Å². The monoisotopic (exact) mass is 281 g/mol. The maximum absolute atomic E-state index is 11.7. The summed E-state index contributed by atoms with van der Waals surface area (Å²) in [5, 5.41) is 11.5. The van der Waals surface area contributed by atoms with Crippen molar-refractivity contribution in [2.45, 2.75) is 31.2 Å². The number of carbonyl (C=O) groups excluding carboxylic acids is 1. The lowest BCUT2D eigenvalue weighted by molar-refractivity contribution is -0.143. The van der Waals surface area contributed by atoms with Gasteiger partial charge in [-0.15, -0.1) is 11.8 Å². The van der Waals surface area contributed by atoms with Gasteiger partial charge in [0.1, 0.15) is 6.04 Å². The van der Waals surface area contributed by atoms with Crippen molar-refractivity contribution in [1.82, 2.24) is 5.32 Å². The zero-order valence-electron chi connectivity index (χ0n) is 11.1. The third-order valence-corrected chi connectivity index (χ3v) is 3.60. The molecular weight excluding hydrogens is 262 g/mol. The predicted molar refractivity (Wildman–Crippen MR) is 76.2 cm³/mol. The molecule has 0 spiro atoms. The molecule has 0 radical (unpaired) electrons. The molecular formula is C14H19NO3S. The maximum Gasteiger partial charge on any atom is 0.326 e. The van der Waals surface area contributed by atoms with Gasteiger partial charge in [-0.25, -0.2) is 4.79 Å². The Kier molecular flexibility index (Phi) is 6.42. The van der Waals surface area contributed by atoms with Crippen molar-refractivity contribution in [2.75, 3.05) is 5.75 Å². The van der Waals surface area contributed by atoms with Gasteiger partial charge < -0.3 is 10.4 Å². The normalized spacial score (nSPS) is 12.2. The lowest BCUT2D eigenvalue weighted by atomic mass is 10.0. The van der Waals surface area contributed by atoms with Gasteiger partial charge in [-0.05, 0) is 18.1 Å². The molecule has 1 aromatic carbocycles. The summed E-state index contributed by atoms with van der Waals surface area (Å²) >= 11 is 1.58. The summed E-state index contributed by atoms with van der Waals surface area (Å²) in [5.41, 5.74) is 0. The summed E-state index contributed by atoms with van der Waals surface area (Å²) in [6.07, 6.45) is 0.316. The lowest BCUT2D eigenvalue weighted by Gasteiger charge is -2.17. The van der Waals surface area contributed by atoms with E-state index in [2.05, 4.69) is 5.32 Å². The number of hydrogen-bond acceptors (Lipinski definition) is 3. The molecule has 1 rings (SSSR count). The highest BCUT2D eigenvalue weighted by Gasteiger charge is 2.22. The van der Waals surface area contributed by atoms with Crippen LogP contribution in [0.1, 0.15) is 20.3 Å². The van der Waals surface area contributed by atoms with Gasteiger partial charge >= 0.3 is 5.97 Å². The van der Waals surface area contributed by atoms with E-state index in [0.717, 1.165) is 4.90 Å². The quantitative estimate of drug-likeness (QED) is 0.753. The van der Waals surface area contributed by atoms with E-state index in [1.165, 1.54) is 0 Å². The van der Waals surface area contributed by atoms with Gasteiger partial charge in [0, 0.05) is 17.1 Å². The molecule has 0 unspecified atom stereocenters. The molecule has 0 fully saturated rings. The van der Waals surface area contributed by atoms with Crippen molar-refractivity contribution >= 4 is 23.6 Å². The topological polar surface area (TPSA) is 66.4 Å². The Bertz CT molecular complexity index is 420. The van der Waals surface area contributed by atoms with Crippen LogP contribution in [0.25, 0.3) is 0 Å². The highest BCUT2D eigenvalue weighted by atomic mass is 32.2. The first kappa shape index (κ1) is 15.6. The fourth-order valence-corrected chi connectivity index (χ4v) is 2.41. The molecule has 0 heterocycles. The number of carbonyl (C=O) groups is 2. The minimum absolute atomic E-state index is 0.122. The smallest absolute Gasteiger partial charge is 0.326 e. The fourth-order valence-electron chi connectivity index (χ4n) is 1.54. The number of carboxylic acid groups (broad SMARTS) is 1. The van der Waals surface area contributed by atoms with Gasteiger partial charge in [-0.2, -0.15) is 0 Å². The summed E-state index contributed by atoms with van der Waals surface area (Å²) in [5.74, 6) is -0.688. The van der Waals surface area contributed by atoms with Crippen LogP contribution in [0.2, 0.25) is 0 Å². The van der Waals surface area contributed by atoms with Crippen LogP contribution in [0.5, 0.6) is 0 Å². The van der Waals surface area contributed by atoms with Crippen LogP contribution in [0, 0.1) is 5.92 Å². The summed E-state index contributed by atoms with van der Waals surface area (Å²) in [6.45, 7) is 3.55. The van der Waals surface area contributed by atoms with E-state index in [1.54, 1.807) is 25.6 Å². The molecule has 0 aliphatic heterocycles. The summed E-state index contributed by atoms with van der Waals surface area (Å²) in [7, 11) is 0. The molecule has 104 valence electrons. The second-order valence-electron chi connectivity index (χ2n) is 4.54. The number of aliphatic carboxylic acids is 1. The van der Waals surface area contributed by atoms with E-state index < -0.39 is 12.0 Å². The summed E-state index contributed by atoms with van der Waals surface area (Å²) in [6, 6.07) is 8.99. The zero-order valence-corrected chi connectivity index (χ0v) is 11.9. The summed E-state index contributed by atoms with van der Waals surface area (Å²) in [4.78, 5) is 23.7. The van der Waals surface area contributed by atoms with Crippen molar-refractivity contribution in [1.29, 1.82) is 0 Å². The molecule has 0 saturated heterocycles. The SMILES string of the molecule is CC(C)[C@@H](NC(=O)CCSc1ccccc1)C(=O)O. The second-order valence-corrected chi connectivity index (χ2v) is 5.71. The number of benzene rings is 1. The van der Waals surface area contributed by atoms with Crippen LogP contribution in [0.15, 0.2) is 35.2 Å². The molecule has 5 heteroatoms. The Balaban J connectivity index is 2.33. The van der Waals surface area contributed by atoms with Gasteiger partial charge in [-0.1, -0.05) is 32.0 Å². The van der Waals surface area contributed by atoms with Crippen LogP contribution < -0.4 is 5.32 Å². The van der Waals surface area contributed by atoms with Crippen LogP contribution in [-0.4, -0.2) is 28.8 Å². The van der Waals surface area contributed by atoms with Gasteiger partial charge in [0.25, 0.3) is 0 Å². The number of rotatable bonds is 7. The number of carboxylic acids is 1. The van der Waals surface area contributed by atoms with Gasteiger partial charge in [0.2, 0.25) is 5.91 Å². The number of thioether (sulfide) groups is 1. The van der Waals surface area contributed by atoms with E-state index in [0.29, 0.717) is 12.2 Å². The van der Waals surface area contributed by atoms with Crippen molar-refractivity contribution in [3.8, 4) is 0 Å². The molecule has 19 heavy (non-hydrogen) atoms. The molecule has 0 aromatic heterocycles. The Morgan fingerprint density at radius 1 is 1.26 bits per heavy atom. The molecule has 0 saturated carbocycles. The second kappa shape index (κ2) is 7.84. The first-order valence-electron chi connectivity index (χ1n) is 6.20. The van der Waals surface area contributed by atoms with Gasteiger partial charge in [-0.3, -0.25) is 4.79 Å². The maximum atomic E-state index is 11.7. The molecule has 0 aliphatic rings. The minimum Gasteiger partial charge on any atom is -0.480 e. The van der Waals surface area contributed by atoms with Gasteiger partial charge in [0.15, 0.2) is 0 Å². The summed E-state index contributed by atoms with van der Waals surface area (Å²) < 4.78 is 0. The average Bonchev–Trinajstić information content (AvgIpc) is 2.36. The third kappa shape index (κ3) is 5.79. The molecule has 1 amide bonds. The van der Waals surface area contributed by atoms with Crippen LogP contribution in [0.3, 0.4) is 0 Å².